The first kappa shape index (κ1) is 28.2. The summed E-state index contributed by atoms with van der Waals surface area (Å²) in [6.45, 7) is 6.11. The van der Waals surface area contributed by atoms with Gasteiger partial charge in [-0.15, -0.1) is 0 Å². The number of carbonyl (C=O) groups is 2. The largest absolute Gasteiger partial charge is 0.416 e. The molecule has 1 atom stereocenters. The highest BCUT2D eigenvalue weighted by Crippen LogP contribution is 2.32. The molecule has 0 aromatic heterocycles. The molecule has 192 valence electrons. The summed E-state index contributed by atoms with van der Waals surface area (Å²) < 4.78 is 65.3. The van der Waals surface area contributed by atoms with Crippen molar-refractivity contribution in [1.82, 2.24) is 10.2 Å². The molecule has 0 saturated carbocycles. The summed E-state index contributed by atoms with van der Waals surface area (Å²) in [6, 6.07) is 9.80. The van der Waals surface area contributed by atoms with Gasteiger partial charge in [0, 0.05) is 12.6 Å². The molecular formula is C24H30F3N3O4S. The fourth-order valence-corrected chi connectivity index (χ4v) is 4.25. The molecule has 0 bridgehead atoms. The van der Waals surface area contributed by atoms with Gasteiger partial charge in [0.05, 0.1) is 17.5 Å². The Hall–Kier alpha value is -3.08. The molecular weight excluding hydrogens is 483 g/mol. The minimum Gasteiger partial charge on any atom is -0.352 e. The van der Waals surface area contributed by atoms with Gasteiger partial charge in [0.15, 0.2) is 0 Å². The van der Waals surface area contributed by atoms with Gasteiger partial charge >= 0.3 is 6.18 Å². The number of anilines is 1. The van der Waals surface area contributed by atoms with E-state index in [2.05, 4.69) is 5.32 Å². The van der Waals surface area contributed by atoms with Crippen LogP contribution in [0.1, 0.15) is 37.5 Å². The Kier molecular flexibility index (Phi) is 8.94. The van der Waals surface area contributed by atoms with Gasteiger partial charge in [0.25, 0.3) is 0 Å². The average molecular weight is 514 g/mol. The lowest BCUT2D eigenvalue weighted by atomic mass is 10.1. The number of benzene rings is 2. The van der Waals surface area contributed by atoms with Crippen molar-refractivity contribution in [2.24, 2.45) is 0 Å². The number of sulfonamides is 1. The van der Waals surface area contributed by atoms with E-state index in [1.54, 1.807) is 26.0 Å². The van der Waals surface area contributed by atoms with E-state index < -0.39 is 46.2 Å². The molecule has 2 rings (SSSR count). The van der Waals surface area contributed by atoms with Crippen LogP contribution in [0.5, 0.6) is 0 Å². The smallest absolute Gasteiger partial charge is 0.352 e. The predicted octanol–water partition coefficient (Wildman–Crippen LogP) is 3.72. The van der Waals surface area contributed by atoms with Crippen LogP contribution < -0.4 is 9.62 Å². The number of amides is 2. The van der Waals surface area contributed by atoms with Gasteiger partial charge in [0.1, 0.15) is 12.6 Å². The number of halogens is 3. The van der Waals surface area contributed by atoms with E-state index in [1.807, 2.05) is 19.1 Å². The molecule has 1 N–H and O–H groups in total. The molecule has 11 heteroatoms. The predicted molar refractivity (Wildman–Crippen MR) is 128 cm³/mol. The molecule has 0 radical (unpaired) electrons. The van der Waals surface area contributed by atoms with Crippen molar-refractivity contribution in [2.75, 3.05) is 17.1 Å². The number of hydrogen-bond acceptors (Lipinski definition) is 4. The SMILES string of the molecule is Cc1ccccc1CN(C(=O)CN(c1cccc(C(F)(F)F)c1)S(C)(=O)=O)[C@H](C)C(=O)NC(C)C. The minimum atomic E-state index is -4.69. The van der Waals surface area contributed by atoms with Crippen molar-refractivity contribution in [2.45, 2.75) is 52.5 Å². The lowest BCUT2D eigenvalue weighted by Gasteiger charge is -2.32. The van der Waals surface area contributed by atoms with Crippen molar-refractivity contribution in [1.29, 1.82) is 0 Å². The molecule has 2 amide bonds. The molecule has 0 heterocycles. The second-order valence-corrected chi connectivity index (χ2v) is 10.5. The van der Waals surface area contributed by atoms with Crippen LogP contribution in [-0.2, 0) is 32.3 Å². The molecule has 2 aromatic rings. The Morgan fingerprint density at radius 1 is 1.03 bits per heavy atom. The molecule has 2 aromatic carbocycles. The molecule has 7 nitrogen and oxygen atoms in total. The van der Waals surface area contributed by atoms with Gasteiger partial charge in [-0.1, -0.05) is 30.3 Å². The Morgan fingerprint density at radius 3 is 2.20 bits per heavy atom. The fraction of sp³-hybridized carbons (Fsp3) is 0.417. The van der Waals surface area contributed by atoms with Crippen LogP contribution in [-0.4, -0.2) is 50.0 Å². The topological polar surface area (TPSA) is 86.8 Å². The summed E-state index contributed by atoms with van der Waals surface area (Å²) in [7, 11) is -4.14. The second kappa shape index (κ2) is 11.1. The Morgan fingerprint density at radius 2 is 1.66 bits per heavy atom. The lowest BCUT2D eigenvalue weighted by Crippen LogP contribution is -2.52. The monoisotopic (exact) mass is 513 g/mol. The molecule has 0 spiro atoms. The average Bonchev–Trinajstić information content (AvgIpc) is 2.74. The molecule has 0 fully saturated rings. The summed E-state index contributed by atoms with van der Waals surface area (Å²) >= 11 is 0. The number of aryl methyl sites for hydroxylation is 1. The summed E-state index contributed by atoms with van der Waals surface area (Å²) in [6.07, 6.45) is -3.88. The quantitative estimate of drug-likeness (QED) is 0.554. The Balaban J connectivity index is 2.46. The maximum atomic E-state index is 13.4. The minimum absolute atomic E-state index is 0.0123. The number of rotatable bonds is 9. The molecule has 0 aliphatic rings. The van der Waals surface area contributed by atoms with Crippen LogP contribution in [0.25, 0.3) is 0 Å². The lowest BCUT2D eigenvalue weighted by molar-refractivity contribution is -0.139. The van der Waals surface area contributed by atoms with E-state index in [0.29, 0.717) is 10.4 Å². The number of hydrogen-bond donors (Lipinski definition) is 1. The third-order valence-electron chi connectivity index (χ3n) is 5.34. The number of nitrogens with one attached hydrogen (secondary N) is 1. The maximum Gasteiger partial charge on any atom is 0.416 e. The Labute approximate surface area is 204 Å². The third-order valence-corrected chi connectivity index (χ3v) is 6.48. The number of nitrogens with zero attached hydrogens (tertiary/aromatic N) is 2. The highest BCUT2D eigenvalue weighted by atomic mass is 32.2. The van der Waals surface area contributed by atoms with Gasteiger partial charge in [0.2, 0.25) is 21.8 Å². The van der Waals surface area contributed by atoms with E-state index in [-0.39, 0.29) is 18.3 Å². The van der Waals surface area contributed by atoms with Gasteiger partial charge in [-0.3, -0.25) is 13.9 Å². The van der Waals surface area contributed by atoms with E-state index in [4.69, 9.17) is 0 Å². The zero-order valence-electron chi connectivity index (χ0n) is 20.3. The zero-order chi connectivity index (χ0) is 26.6. The first-order valence-corrected chi connectivity index (χ1v) is 12.8. The van der Waals surface area contributed by atoms with Gasteiger partial charge in [-0.25, -0.2) is 8.42 Å². The van der Waals surface area contributed by atoms with Crippen LogP contribution >= 0.6 is 0 Å². The maximum absolute atomic E-state index is 13.4. The summed E-state index contributed by atoms with van der Waals surface area (Å²) in [4.78, 5) is 27.4. The summed E-state index contributed by atoms with van der Waals surface area (Å²) in [5.74, 6) is -1.17. The van der Waals surface area contributed by atoms with Crippen molar-refractivity contribution in [3.63, 3.8) is 0 Å². The zero-order valence-corrected chi connectivity index (χ0v) is 21.1. The first-order chi connectivity index (χ1) is 16.1. The second-order valence-electron chi connectivity index (χ2n) is 8.61. The molecule has 0 aliphatic carbocycles. The third kappa shape index (κ3) is 7.71. The highest BCUT2D eigenvalue weighted by molar-refractivity contribution is 7.92. The highest BCUT2D eigenvalue weighted by Gasteiger charge is 2.33. The summed E-state index contributed by atoms with van der Waals surface area (Å²) in [5, 5.41) is 2.73. The van der Waals surface area contributed by atoms with Crippen LogP contribution in [0.3, 0.4) is 0 Å². The van der Waals surface area contributed by atoms with Crippen molar-refractivity contribution < 1.29 is 31.2 Å². The van der Waals surface area contributed by atoms with Gasteiger partial charge < -0.3 is 10.2 Å². The first-order valence-electron chi connectivity index (χ1n) is 10.9. The molecule has 0 aliphatic heterocycles. The van der Waals surface area contributed by atoms with Crippen LogP contribution in [0.4, 0.5) is 18.9 Å². The number of alkyl halides is 3. The molecule has 0 saturated heterocycles. The van der Waals surface area contributed by atoms with Gasteiger partial charge in [-0.2, -0.15) is 13.2 Å². The molecule has 0 unspecified atom stereocenters. The summed E-state index contributed by atoms with van der Waals surface area (Å²) in [5.41, 5.74) is 0.262. The van der Waals surface area contributed by atoms with Crippen LogP contribution in [0, 0.1) is 6.92 Å². The van der Waals surface area contributed by atoms with Crippen LogP contribution in [0.2, 0.25) is 0 Å². The molecule has 35 heavy (non-hydrogen) atoms. The van der Waals surface area contributed by atoms with Crippen molar-refractivity contribution in [3.8, 4) is 0 Å². The van der Waals surface area contributed by atoms with E-state index in [9.17, 15) is 31.2 Å². The normalized spacial score (nSPS) is 12.8. The number of carbonyl (C=O) groups excluding carboxylic acids is 2. The standard InChI is InChI=1S/C24H30F3N3O4S/c1-16(2)28-23(32)18(4)29(14-19-10-7-6-9-17(19)3)22(31)15-30(35(5,33)34)21-12-8-11-20(13-21)24(25,26)27/h6-13,16,18H,14-15H2,1-5H3,(H,28,32)/t18-/m1/s1. The van der Waals surface area contributed by atoms with E-state index >= 15 is 0 Å². The Bertz CT molecular complexity index is 1170. The van der Waals surface area contributed by atoms with Crippen molar-refractivity contribution >= 4 is 27.5 Å². The van der Waals surface area contributed by atoms with E-state index in [1.165, 1.54) is 17.9 Å². The fourth-order valence-electron chi connectivity index (χ4n) is 3.41. The van der Waals surface area contributed by atoms with Gasteiger partial charge in [-0.05, 0) is 57.0 Å². The van der Waals surface area contributed by atoms with Crippen LogP contribution in [0.15, 0.2) is 48.5 Å². The van der Waals surface area contributed by atoms with E-state index in [0.717, 1.165) is 29.5 Å². The van der Waals surface area contributed by atoms with Crippen molar-refractivity contribution in [3.05, 3.63) is 65.2 Å².